The molecule has 0 saturated carbocycles. The molecule has 2 aromatic carbocycles. The van der Waals surface area contributed by atoms with E-state index in [0.29, 0.717) is 49.9 Å². The molecule has 7 amide bonds. The van der Waals surface area contributed by atoms with Crippen LogP contribution in [0.15, 0.2) is 65.7 Å². The summed E-state index contributed by atoms with van der Waals surface area (Å²) in [5, 5.41) is 25.7. The van der Waals surface area contributed by atoms with E-state index in [1.807, 2.05) is 13.8 Å². The SMILES string of the molecule is CC(C)C[C@H](NC(=O)[C@H](CCCN=C(N)N)NC(=O)[C@H](Cc1ccccc1)NC(=O)[C@H](Cc1ccccc1)NC(=O)[C@H](C)NC(=O)[C@H](C)NC(=O)[C@@H]1CCCN1C(=O)[C@@H](N)CCCCN)C(=O)O. The molecule has 1 heterocycles. The Morgan fingerprint density at radius 2 is 1.16 bits per heavy atom. The van der Waals surface area contributed by atoms with Crippen molar-refractivity contribution in [3.63, 3.8) is 0 Å². The topological polar surface area (TPSA) is 349 Å². The van der Waals surface area contributed by atoms with Crippen LogP contribution in [-0.2, 0) is 51.2 Å². The largest absolute Gasteiger partial charge is 0.480 e. The van der Waals surface area contributed by atoms with Crippen molar-refractivity contribution in [1.29, 1.82) is 0 Å². The van der Waals surface area contributed by atoms with E-state index in [1.165, 1.54) is 18.7 Å². The molecule has 0 aromatic heterocycles. The van der Waals surface area contributed by atoms with Crippen LogP contribution >= 0.6 is 0 Å². The van der Waals surface area contributed by atoms with Gasteiger partial charge in [0.15, 0.2) is 5.96 Å². The lowest BCUT2D eigenvalue weighted by molar-refractivity contribution is -0.143. The van der Waals surface area contributed by atoms with Gasteiger partial charge < -0.3 is 64.8 Å². The van der Waals surface area contributed by atoms with Crippen LogP contribution in [-0.4, -0.2) is 131 Å². The van der Waals surface area contributed by atoms with E-state index < -0.39 is 89.7 Å². The fourth-order valence-corrected chi connectivity index (χ4v) is 7.62. The minimum absolute atomic E-state index is 0.0103. The number of nitrogens with one attached hydrogen (secondary N) is 6. The van der Waals surface area contributed by atoms with Crippen molar-refractivity contribution in [2.24, 2.45) is 33.8 Å². The number of amides is 7. The number of carboxylic acid groups (broad SMARTS) is 1. The number of rotatable bonds is 28. The van der Waals surface area contributed by atoms with Crippen LogP contribution in [0.5, 0.6) is 0 Å². The van der Waals surface area contributed by atoms with Crippen molar-refractivity contribution in [3.8, 4) is 0 Å². The van der Waals surface area contributed by atoms with Gasteiger partial charge in [-0.25, -0.2) is 4.79 Å². The number of nitrogens with zero attached hydrogens (tertiary/aromatic N) is 2. The zero-order valence-electron chi connectivity index (χ0n) is 39.6. The summed E-state index contributed by atoms with van der Waals surface area (Å²) in [7, 11) is 0. The summed E-state index contributed by atoms with van der Waals surface area (Å²) in [6.45, 7) is 7.40. The van der Waals surface area contributed by atoms with Crippen LogP contribution in [0.1, 0.15) is 90.2 Å². The molecule has 0 radical (unpaired) electrons. The Hall–Kier alpha value is -6.61. The second-order valence-corrected chi connectivity index (χ2v) is 17.6. The van der Waals surface area contributed by atoms with E-state index in [1.54, 1.807) is 60.7 Å². The maximum Gasteiger partial charge on any atom is 0.326 e. The smallest absolute Gasteiger partial charge is 0.326 e. The summed E-state index contributed by atoms with van der Waals surface area (Å²) in [5.41, 5.74) is 24.0. The van der Waals surface area contributed by atoms with Crippen molar-refractivity contribution >= 4 is 53.3 Å². The second-order valence-electron chi connectivity index (χ2n) is 17.6. The molecule has 1 fully saturated rings. The predicted molar refractivity (Wildman–Crippen MR) is 256 cm³/mol. The number of likely N-dealkylation sites (tertiary alicyclic amines) is 1. The summed E-state index contributed by atoms with van der Waals surface area (Å²) in [4.78, 5) is 113. The third-order valence-corrected chi connectivity index (χ3v) is 11.4. The van der Waals surface area contributed by atoms with Crippen molar-refractivity contribution in [2.45, 2.75) is 140 Å². The van der Waals surface area contributed by atoms with E-state index >= 15 is 0 Å². The monoisotopic (exact) mass is 949 g/mol. The highest BCUT2D eigenvalue weighted by Gasteiger charge is 2.38. The third kappa shape index (κ3) is 18.9. The molecule has 0 aliphatic carbocycles. The number of hydrogen-bond acceptors (Lipinski definition) is 11. The highest BCUT2D eigenvalue weighted by atomic mass is 16.4. The summed E-state index contributed by atoms with van der Waals surface area (Å²) >= 11 is 0. The lowest BCUT2D eigenvalue weighted by Gasteiger charge is -2.28. The number of hydrogen-bond donors (Lipinski definition) is 11. The summed E-state index contributed by atoms with van der Waals surface area (Å²) in [6.07, 6.45) is 3.09. The van der Waals surface area contributed by atoms with E-state index in [0.717, 1.165) is 6.42 Å². The number of carbonyl (C=O) groups excluding carboxylic acids is 7. The van der Waals surface area contributed by atoms with E-state index in [4.69, 9.17) is 22.9 Å². The number of benzene rings is 2. The first kappa shape index (κ1) is 55.7. The standard InChI is InChI=1S/C47H72N12O9/c1-28(2)25-37(46(67)68)58-41(62)34(20-13-23-52-47(50)51)55-42(63)36(27-32-17-9-6-10-18-32)57-43(64)35(26-31-15-7-5-8-16-31)56-40(61)30(4)53-39(60)29(3)54-44(65)38-21-14-24-59(38)45(66)33(49)19-11-12-22-48/h5-10,15-18,28-30,33-38H,11-14,19-27,48-49H2,1-4H3,(H,53,60)(H,54,65)(H,55,63)(H,56,61)(H,57,64)(H,58,62)(H,67,68)(H4,50,51,52)/t29-,30-,33-,34-,35-,36-,37-,38-/m0/s1. The molecule has 1 aliphatic heterocycles. The number of guanidine groups is 1. The normalized spacial score (nSPS) is 16.4. The Morgan fingerprint density at radius 3 is 1.69 bits per heavy atom. The maximum absolute atomic E-state index is 14.3. The third-order valence-electron chi connectivity index (χ3n) is 11.4. The Labute approximate surface area is 398 Å². The first-order valence-electron chi connectivity index (χ1n) is 23.3. The number of aliphatic imine (C=N–C) groups is 1. The van der Waals surface area contributed by atoms with Crippen molar-refractivity contribution in [1.82, 2.24) is 36.8 Å². The van der Waals surface area contributed by atoms with Gasteiger partial charge in [-0.3, -0.25) is 38.6 Å². The molecule has 1 aliphatic rings. The molecular formula is C47H72N12O9. The van der Waals surface area contributed by atoms with Crippen LogP contribution in [0.4, 0.5) is 0 Å². The summed E-state index contributed by atoms with van der Waals surface area (Å²) in [5.74, 6) is -6.11. The highest BCUT2D eigenvalue weighted by molar-refractivity contribution is 5.97. The van der Waals surface area contributed by atoms with Gasteiger partial charge in [0.2, 0.25) is 41.4 Å². The lowest BCUT2D eigenvalue weighted by atomic mass is 10.0. The summed E-state index contributed by atoms with van der Waals surface area (Å²) < 4.78 is 0. The Kier molecular flexibility index (Phi) is 23.4. The van der Waals surface area contributed by atoms with Crippen LogP contribution in [0.2, 0.25) is 0 Å². The highest BCUT2D eigenvalue weighted by Crippen LogP contribution is 2.20. The Bertz CT molecular complexity index is 2020. The van der Waals surface area contributed by atoms with Crippen LogP contribution < -0.4 is 54.8 Å². The molecule has 1 saturated heterocycles. The molecule has 3 rings (SSSR count). The molecule has 68 heavy (non-hydrogen) atoms. The first-order valence-corrected chi connectivity index (χ1v) is 23.3. The van der Waals surface area contributed by atoms with Gasteiger partial charge in [-0.2, -0.15) is 0 Å². The molecule has 21 nitrogen and oxygen atoms in total. The van der Waals surface area contributed by atoms with E-state index in [2.05, 4.69) is 36.9 Å². The van der Waals surface area contributed by atoms with Crippen molar-refractivity contribution in [2.75, 3.05) is 19.6 Å². The number of unbranched alkanes of at least 4 members (excludes halogenated alkanes) is 1. The van der Waals surface area contributed by atoms with Crippen LogP contribution in [0, 0.1) is 5.92 Å². The van der Waals surface area contributed by atoms with Gasteiger partial charge in [0, 0.05) is 25.9 Å². The van der Waals surface area contributed by atoms with Gasteiger partial charge in [-0.15, -0.1) is 0 Å². The van der Waals surface area contributed by atoms with E-state index in [-0.39, 0.29) is 56.4 Å². The molecular weight excluding hydrogens is 877 g/mol. The lowest BCUT2D eigenvalue weighted by Crippen LogP contribution is -2.60. The maximum atomic E-state index is 14.3. The van der Waals surface area contributed by atoms with Crippen molar-refractivity contribution < 1.29 is 43.5 Å². The number of aliphatic carboxylic acids is 1. The Balaban J connectivity index is 1.80. The number of carboxylic acids is 1. The average molecular weight is 949 g/mol. The number of carbonyl (C=O) groups is 8. The summed E-state index contributed by atoms with van der Waals surface area (Å²) in [6, 6.07) is 8.54. The molecule has 374 valence electrons. The Morgan fingerprint density at radius 1 is 0.662 bits per heavy atom. The molecule has 0 unspecified atom stereocenters. The van der Waals surface area contributed by atoms with E-state index in [9.17, 15) is 43.5 Å². The zero-order valence-corrected chi connectivity index (χ0v) is 39.6. The van der Waals surface area contributed by atoms with Gasteiger partial charge in [0.05, 0.1) is 6.04 Å². The molecule has 0 spiro atoms. The second kappa shape index (κ2) is 28.5. The molecule has 15 N–H and O–H groups in total. The van der Waals surface area contributed by atoms with Gasteiger partial charge in [0.25, 0.3) is 0 Å². The van der Waals surface area contributed by atoms with Gasteiger partial charge in [0.1, 0.15) is 42.3 Å². The molecule has 8 atom stereocenters. The molecule has 21 heteroatoms. The quantitative estimate of drug-likeness (QED) is 0.0279. The predicted octanol–water partition coefficient (Wildman–Crippen LogP) is -0.948. The van der Waals surface area contributed by atoms with Crippen LogP contribution in [0.25, 0.3) is 0 Å². The van der Waals surface area contributed by atoms with Gasteiger partial charge in [-0.1, -0.05) is 80.9 Å². The number of nitrogens with two attached hydrogens (primary N) is 4. The zero-order chi connectivity index (χ0) is 50.3. The molecule has 0 bridgehead atoms. The average Bonchev–Trinajstić information content (AvgIpc) is 3.80. The minimum Gasteiger partial charge on any atom is -0.480 e. The molecule has 2 aromatic rings. The van der Waals surface area contributed by atoms with Gasteiger partial charge >= 0.3 is 5.97 Å². The first-order chi connectivity index (χ1) is 32.3. The van der Waals surface area contributed by atoms with Crippen molar-refractivity contribution in [3.05, 3.63) is 71.8 Å². The minimum atomic E-state index is -1.31. The van der Waals surface area contributed by atoms with Gasteiger partial charge in [-0.05, 0) is 82.4 Å². The van der Waals surface area contributed by atoms with Crippen LogP contribution in [0.3, 0.4) is 0 Å². The fraction of sp³-hybridized carbons (Fsp3) is 0.553. The fourth-order valence-electron chi connectivity index (χ4n) is 7.62.